The fourth-order valence-electron chi connectivity index (χ4n) is 3.63. The average molecular weight is 410 g/mol. The first-order valence-electron chi connectivity index (χ1n) is 10.3. The number of amides is 3. The summed E-state index contributed by atoms with van der Waals surface area (Å²) < 4.78 is 0. The summed E-state index contributed by atoms with van der Waals surface area (Å²) in [4.78, 5) is 39.8. The van der Waals surface area contributed by atoms with Gasteiger partial charge in [0.05, 0.1) is 43.5 Å². The van der Waals surface area contributed by atoms with Gasteiger partial charge in [-0.1, -0.05) is 42.5 Å². The quantitative estimate of drug-likeness (QED) is 0.662. The molecule has 2 aromatic rings. The van der Waals surface area contributed by atoms with Crippen molar-refractivity contribution in [1.29, 1.82) is 0 Å². The van der Waals surface area contributed by atoms with Crippen LogP contribution in [-0.4, -0.2) is 55.3 Å². The molecule has 0 aromatic heterocycles. The standard InChI is InChI=1S/C23H28N4O3/c1-17(19-8-4-3-5-9-19)24-23(30)20-10-6-7-11-21(20)25-22(29)16-26-12-14-27(15-13-26)18(2)28/h3-11,17H,12-16H2,1-2H3,(H,24,30)(H,25,29)/p+1/t17-/m0/s1. The zero-order valence-electron chi connectivity index (χ0n) is 17.5. The maximum Gasteiger partial charge on any atom is 0.279 e. The summed E-state index contributed by atoms with van der Waals surface area (Å²) in [6, 6.07) is 16.6. The van der Waals surface area contributed by atoms with Crippen LogP contribution in [0.3, 0.4) is 0 Å². The van der Waals surface area contributed by atoms with E-state index >= 15 is 0 Å². The third-order valence-corrected chi connectivity index (χ3v) is 5.42. The van der Waals surface area contributed by atoms with Crippen LogP contribution in [0.1, 0.15) is 35.8 Å². The van der Waals surface area contributed by atoms with Gasteiger partial charge in [0, 0.05) is 6.92 Å². The molecule has 158 valence electrons. The highest BCUT2D eigenvalue weighted by Crippen LogP contribution is 2.17. The third-order valence-electron chi connectivity index (χ3n) is 5.42. The highest BCUT2D eigenvalue weighted by atomic mass is 16.2. The van der Waals surface area contributed by atoms with Crippen molar-refractivity contribution in [3.05, 3.63) is 65.7 Å². The number of para-hydroxylation sites is 1. The van der Waals surface area contributed by atoms with E-state index in [0.29, 0.717) is 30.9 Å². The lowest BCUT2D eigenvalue weighted by molar-refractivity contribution is -0.895. The van der Waals surface area contributed by atoms with Gasteiger partial charge in [0.2, 0.25) is 5.91 Å². The average Bonchev–Trinajstić information content (AvgIpc) is 2.75. The van der Waals surface area contributed by atoms with Crippen molar-refractivity contribution in [3.63, 3.8) is 0 Å². The van der Waals surface area contributed by atoms with E-state index < -0.39 is 0 Å². The number of anilines is 1. The van der Waals surface area contributed by atoms with Crippen LogP contribution in [0.15, 0.2) is 54.6 Å². The van der Waals surface area contributed by atoms with Gasteiger partial charge < -0.3 is 20.4 Å². The lowest BCUT2D eigenvalue weighted by Gasteiger charge is -2.31. The Bertz CT molecular complexity index is 892. The minimum absolute atomic E-state index is 0.0724. The lowest BCUT2D eigenvalue weighted by Crippen LogP contribution is -3.15. The molecule has 0 aliphatic carbocycles. The summed E-state index contributed by atoms with van der Waals surface area (Å²) in [5, 5.41) is 5.87. The number of nitrogens with one attached hydrogen (secondary N) is 3. The smallest absolute Gasteiger partial charge is 0.279 e. The number of nitrogens with zero attached hydrogens (tertiary/aromatic N) is 1. The molecule has 3 amide bonds. The van der Waals surface area contributed by atoms with E-state index in [1.54, 1.807) is 36.1 Å². The van der Waals surface area contributed by atoms with E-state index in [2.05, 4.69) is 10.6 Å². The van der Waals surface area contributed by atoms with E-state index in [1.165, 1.54) is 0 Å². The highest BCUT2D eigenvalue weighted by Gasteiger charge is 2.24. The van der Waals surface area contributed by atoms with Crippen molar-refractivity contribution in [1.82, 2.24) is 10.2 Å². The van der Waals surface area contributed by atoms with Crippen LogP contribution in [-0.2, 0) is 9.59 Å². The monoisotopic (exact) mass is 409 g/mol. The Morgan fingerprint density at radius 3 is 2.30 bits per heavy atom. The lowest BCUT2D eigenvalue weighted by atomic mass is 10.1. The molecule has 1 atom stereocenters. The fraction of sp³-hybridized carbons (Fsp3) is 0.348. The molecule has 1 saturated heterocycles. The molecule has 0 bridgehead atoms. The zero-order valence-corrected chi connectivity index (χ0v) is 17.5. The van der Waals surface area contributed by atoms with Crippen molar-refractivity contribution in [3.8, 4) is 0 Å². The van der Waals surface area contributed by atoms with E-state index in [0.717, 1.165) is 23.6 Å². The number of carbonyl (C=O) groups is 3. The molecule has 3 N–H and O–H groups in total. The first kappa shape index (κ1) is 21.5. The maximum atomic E-state index is 12.8. The molecule has 0 spiro atoms. The molecule has 30 heavy (non-hydrogen) atoms. The zero-order chi connectivity index (χ0) is 21.5. The molecule has 1 fully saturated rings. The van der Waals surface area contributed by atoms with Crippen LogP contribution in [0.4, 0.5) is 5.69 Å². The third kappa shape index (κ3) is 5.67. The Kier molecular flexibility index (Phi) is 7.19. The Morgan fingerprint density at radius 1 is 1.00 bits per heavy atom. The molecule has 1 heterocycles. The summed E-state index contributed by atoms with van der Waals surface area (Å²) >= 11 is 0. The van der Waals surface area contributed by atoms with Crippen molar-refractivity contribution >= 4 is 23.4 Å². The van der Waals surface area contributed by atoms with Crippen LogP contribution in [0.5, 0.6) is 0 Å². The second-order valence-corrected chi connectivity index (χ2v) is 7.63. The minimum Gasteiger partial charge on any atom is -0.345 e. The summed E-state index contributed by atoms with van der Waals surface area (Å²) in [6.45, 7) is 6.61. The Balaban J connectivity index is 1.59. The Hall–Kier alpha value is -3.19. The number of quaternary nitrogens is 1. The van der Waals surface area contributed by atoms with E-state index in [9.17, 15) is 14.4 Å². The van der Waals surface area contributed by atoms with Crippen molar-refractivity contribution in [2.24, 2.45) is 0 Å². The number of rotatable bonds is 6. The predicted molar refractivity (Wildman–Crippen MR) is 115 cm³/mol. The molecular formula is C23H29N4O3+. The van der Waals surface area contributed by atoms with Crippen LogP contribution in [0.2, 0.25) is 0 Å². The van der Waals surface area contributed by atoms with Crippen LogP contribution in [0.25, 0.3) is 0 Å². The maximum absolute atomic E-state index is 12.8. The summed E-state index contributed by atoms with van der Waals surface area (Å²) in [5.41, 5.74) is 1.95. The van der Waals surface area contributed by atoms with Gasteiger partial charge >= 0.3 is 0 Å². The highest BCUT2D eigenvalue weighted by molar-refractivity contribution is 6.04. The number of hydrogen-bond acceptors (Lipinski definition) is 3. The topological polar surface area (TPSA) is 83.0 Å². The van der Waals surface area contributed by atoms with Gasteiger partial charge in [0.1, 0.15) is 0 Å². The molecule has 3 rings (SSSR count). The number of carbonyl (C=O) groups excluding carboxylic acids is 3. The summed E-state index contributed by atoms with van der Waals surface area (Å²) in [7, 11) is 0. The summed E-state index contributed by atoms with van der Waals surface area (Å²) in [6.07, 6.45) is 0. The van der Waals surface area contributed by atoms with Crippen molar-refractivity contribution < 1.29 is 19.3 Å². The van der Waals surface area contributed by atoms with Gasteiger partial charge in [-0.05, 0) is 24.6 Å². The van der Waals surface area contributed by atoms with Gasteiger partial charge in [-0.2, -0.15) is 0 Å². The van der Waals surface area contributed by atoms with Crippen molar-refractivity contribution in [2.45, 2.75) is 19.9 Å². The van der Waals surface area contributed by atoms with E-state index in [4.69, 9.17) is 0 Å². The number of hydrogen-bond donors (Lipinski definition) is 3. The van der Waals surface area contributed by atoms with Crippen LogP contribution >= 0.6 is 0 Å². The second kappa shape index (κ2) is 10.0. The first-order chi connectivity index (χ1) is 14.4. The summed E-state index contributed by atoms with van der Waals surface area (Å²) in [5.74, 6) is -0.300. The van der Waals surface area contributed by atoms with Crippen LogP contribution in [0, 0.1) is 0 Å². The van der Waals surface area contributed by atoms with Gasteiger partial charge in [0.25, 0.3) is 11.8 Å². The van der Waals surface area contributed by atoms with E-state index in [1.807, 2.05) is 37.3 Å². The van der Waals surface area contributed by atoms with Gasteiger partial charge in [0.15, 0.2) is 6.54 Å². The number of piperazine rings is 1. The van der Waals surface area contributed by atoms with Gasteiger partial charge in [-0.25, -0.2) is 0 Å². The van der Waals surface area contributed by atoms with Gasteiger partial charge in [-0.3, -0.25) is 14.4 Å². The molecule has 1 aliphatic rings. The van der Waals surface area contributed by atoms with Crippen LogP contribution < -0.4 is 15.5 Å². The molecule has 0 unspecified atom stereocenters. The number of benzene rings is 2. The first-order valence-corrected chi connectivity index (χ1v) is 10.3. The minimum atomic E-state index is -0.232. The molecular weight excluding hydrogens is 380 g/mol. The molecule has 1 aliphatic heterocycles. The normalized spacial score (nSPS) is 15.3. The molecule has 0 saturated carbocycles. The molecule has 7 nitrogen and oxygen atoms in total. The largest absolute Gasteiger partial charge is 0.345 e. The molecule has 0 radical (unpaired) electrons. The fourth-order valence-corrected chi connectivity index (χ4v) is 3.63. The van der Waals surface area contributed by atoms with Gasteiger partial charge in [-0.15, -0.1) is 0 Å². The molecule has 7 heteroatoms. The van der Waals surface area contributed by atoms with Crippen molar-refractivity contribution in [2.75, 3.05) is 38.0 Å². The molecule has 2 aromatic carbocycles. The van der Waals surface area contributed by atoms with E-state index in [-0.39, 0.29) is 23.8 Å². The predicted octanol–water partition coefficient (Wildman–Crippen LogP) is 0.863. The Labute approximate surface area is 177 Å². The SMILES string of the molecule is CC(=O)N1CC[NH+](CC(=O)Nc2ccccc2C(=O)N[C@@H](C)c2ccccc2)CC1. The Morgan fingerprint density at radius 2 is 1.63 bits per heavy atom. The second-order valence-electron chi connectivity index (χ2n) is 7.63.